The van der Waals surface area contributed by atoms with E-state index in [2.05, 4.69) is 49.2 Å². The molecule has 4 atom stereocenters. The van der Waals surface area contributed by atoms with Crippen LogP contribution in [0.3, 0.4) is 0 Å². The minimum Gasteiger partial charge on any atom is -0.494 e. The number of nitrogens with zero attached hydrogens (tertiary/aromatic N) is 8. The second-order valence-corrected chi connectivity index (χ2v) is 26.4. The van der Waals surface area contributed by atoms with E-state index in [1.165, 1.54) is 158 Å². The zero-order valence-corrected chi connectivity index (χ0v) is 67.6. The zero-order valence-electron chi connectivity index (χ0n) is 63.8. The molecule has 10 rings (SSSR count). The maximum Gasteiger partial charge on any atom is 0.353 e. The lowest BCUT2D eigenvalue weighted by atomic mass is 9.98. The Morgan fingerprint density at radius 2 is 0.739 bits per heavy atom. The predicted octanol–water partition coefficient (Wildman–Crippen LogP) is 16.9. The van der Waals surface area contributed by atoms with Crippen LogP contribution < -0.4 is 23.7 Å². The van der Waals surface area contributed by atoms with Crippen molar-refractivity contribution in [2.75, 3.05) is 96.0 Å². The number of benzene rings is 5. The molecule has 4 N–H and O–H groups in total. The third kappa shape index (κ3) is 24.2. The number of halogens is 14. The van der Waals surface area contributed by atoms with Crippen LogP contribution in [0.5, 0.6) is 28.7 Å². The number of esters is 2. The van der Waals surface area contributed by atoms with Crippen LogP contribution in [0.4, 0.5) is 39.5 Å². The number of alkyl halides is 4. The number of ether oxygens (including phenoxy) is 9. The second kappa shape index (κ2) is 45.0. The van der Waals surface area contributed by atoms with Crippen LogP contribution in [0.1, 0.15) is 47.7 Å². The van der Waals surface area contributed by atoms with E-state index in [4.69, 9.17) is 102 Å². The Balaban J connectivity index is 0.000000231. The van der Waals surface area contributed by atoms with Gasteiger partial charge in [-0.25, -0.2) is 69.2 Å². The molecular formula is C80H72Cl5F9N8O17. The smallest absolute Gasteiger partial charge is 0.353 e. The average Bonchev–Trinajstić information content (AvgIpc) is 0.820. The summed E-state index contributed by atoms with van der Waals surface area (Å²) in [6.07, 6.45) is 0.0758. The van der Waals surface area contributed by atoms with Crippen LogP contribution >= 0.6 is 58.0 Å². The standard InChI is InChI=1S/C17H14ClF2NO5.C17H15ClFNO5.C16H16ClF2NO2.C15H13ClF2N4O2.C15H14ClF2NO3/c1-24-13-5-6-14(17(20,8-26-9-22)16(23)25-2)21-15(13)10-3-4-12(19)11(18)7-10;1-23-15-6-5-14(11(8-25-9-21)17(22)24-2)20-16(15)10-3-4-13(19)12(18)7-10;1-3-16(19,9-21)14-7-6-13(22-2)15(20-14)10-4-5-12(18)11(17)8-10;1-24-12-4-5-13(15(18,8-23)7-20-22-19)21-14(12)9-2-3-11(17)10(16)6-9;1-22-12-4-5-13(15(18,7-20)8-21)19-14(12)9-2-3-11(17)10(16)6-9/h3-7,9H,8H2,1-2H3;3-7,9,11H,8H2,1-2H3;4-8,21H,3,9H2,1-2H3;2-6,23H,7-8H2,1H3;2-6,20-21H,7-8H2,1H3. The molecule has 5 heterocycles. The van der Waals surface area contributed by atoms with Crippen molar-refractivity contribution in [1.82, 2.24) is 24.9 Å². The summed E-state index contributed by atoms with van der Waals surface area (Å²) in [5, 5.41) is 39.5. The average molecular weight is 1770 g/mol. The maximum absolute atomic E-state index is 15.2. The summed E-state index contributed by atoms with van der Waals surface area (Å²) >= 11 is 28.9. The molecule has 0 bridgehead atoms. The minimum absolute atomic E-state index is 0.00144. The fourth-order valence-corrected chi connectivity index (χ4v) is 11.4. The summed E-state index contributed by atoms with van der Waals surface area (Å²) in [4.78, 5) is 68.2. The number of pyridine rings is 5. The molecule has 119 heavy (non-hydrogen) atoms. The van der Waals surface area contributed by atoms with Gasteiger partial charge in [0.15, 0.2) is 17.0 Å². The lowest BCUT2D eigenvalue weighted by Crippen LogP contribution is -2.38. The SMILES string of the molecule is CCC(F)(CO)c1ccc(OC)c(-c2ccc(F)c(Cl)c2)n1.COC(=O)C(COC=O)c1ccc(OC)c(-c2ccc(F)c(Cl)c2)n1.COC(=O)C(F)(COC=O)c1ccc(OC)c(-c2ccc(F)c(Cl)c2)n1.COc1ccc(C(F)(CO)CN=[N+]=[N-])nc1-c1ccc(F)c(Cl)c1.COc1ccc(C(F)(CO)CO)nc1-c1ccc(F)c(Cl)c1. The van der Waals surface area contributed by atoms with Gasteiger partial charge in [-0.3, -0.25) is 14.4 Å². The van der Waals surface area contributed by atoms with Crippen LogP contribution in [0.25, 0.3) is 66.7 Å². The third-order valence-corrected chi connectivity index (χ3v) is 18.6. The Kier molecular flexibility index (Phi) is 36.5. The van der Waals surface area contributed by atoms with Crippen LogP contribution in [0, 0.1) is 29.1 Å². The molecule has 5 aromatic carbocycles. The van der Waals surface area contributed by atoms with Crippen molar-refractivity contribution in [2.45, 2.75) is 41.9 Å². The lowest BCUT2D eigenvalue weighted by molar-refractivity contribution is -0.162. The highest BCUT2D eigenvalue weighted by molar-refractivity contribution is 6.32. The van der Waals surface area contributed by atoms with Gasteiger partial charge in [-0.1, -0.05) is 70.0 Å². The fourth-order valence-electron chi connectivity index (χ4n) is 10.5. The van der Waals surface area contributed by atoms with Gasteiger partial charge >= 0.3 is 11.9 Å². The molecule has 0 amide bonds. The van der Waals surface area contributed by atoms with E-state index in [1.807, 2.05) is 0 Å². The Hall–Kier alpha value is -11.3. The van der Waals surface area contributed by atoms with Crippen molar-refractivity contribution in [3.8, 4) is 85.0 Å². The molecule has 0 aliphatic heterocycles. The molecule has 0 spiro atoms. The topological polar surface area (TPSA) is 345 Å². The third-order valence-electron chi connectivity index (χ3n) is 17.1. The monoisotopic (exact) mass is 1760 g/mol. The molecular weight excluding hydrogens is 1690 g/mol. The van der Waals surface area contributed by atoms with E-state index < -0.39 is 109 Å². The van der Waals surface area contributed by atoms with Gasteiger partial charge in [0.05, 0.1) is 136 Å². The molecule has 39 heteroatoms. The summed E-state index contributed by atoms with van der Waals surface area (Å²) < 4.78 is 170. The highest BCUT2D eigenvalue weighted by Gasteiger charge is 2.46. The summed E-state index contributed by atoms with van der Waals surface area (Å²) in [6, 6.07) is 34.1. The van der Waals surface area contributed by atoms with Crippen molar-refractivity contribution in [3.63, 3.8) is 0 Å². The number of carbonyl (C=O) groups is 4. The van der Waals surface area contributed by atoms with Gasteiger partial charge in [0.1, 0.15) is 105 Å². The Labute approximate surface area is 698 Å². The van der Waals surface area contributed by atoms with Gasteiger partial charge in [-0.05, 0) is 164 Å². The number of hydrogen-bond donors (Lipinski definition) is 4. The number of methoxy groups -OCH3 is 7. The molecule has 4 unspecified atom stereocenters. The first-order valence-corrected chi connectivity index (χ1v) is 36.1. The Morgan fingerprint density at radius 1 is 0.437 bits per heavy atom. The van der Waals surface area contributed by atoms with Crippen LogP contribution in [0.15, 0.2) is 157 Å². The summed E-state index contributed by atoms with van der Waals surface area (Å²) in [5.41, 5.74) is 2.01. The molecule has 0 radical (unpaired) electrons. The van der Waals surface area contributed by atoms with Gasteiger partial charge in [0.25, 0.3) is 18.6 Å². The Bertz CT molecular complexity index is 5130. The van der Waals surface area contributed by atoms with Gasteiger partial charge in [-0.15, -0.1) is 0 Å². The number of rotatable bonds is 30. The molecule has 0 aliphatic carbocycles. The molecule has 0 saturated carbocycles. The van der Waals surface area contributed by atoms with Gasteiger partial charge < -0.3 is 63.1 Å². The largest absolute Gasteiger partial charge is 0.494 e. The van der Waals surface area contributed by atoms with E-state index >= 15 is 4.39 Å². The van der Waals surface area contributed by atoms with E-state index in [-0.39, 0.29) is 96.7 Å². The van der Waals surface area contributed by atoms with E-state index in [0.29, 0.717) is 67.9 Å². The molecule has 25 nitrogen and oxygen atoms in total. The number of aliphatic hydroxyl groups is 4. The first-order chi connectivity index (χ1) is 56.7. The molecule has 0 fully saturated rings. The fraction of sp³-hybridized carbons (Fsp3) is 0.263. The van der Waals surface area contributed by atoms with Crippen molar-refractivity contribution in [3.05, 3.63) is 245 Å². The normalized spacial score (nSPS) is 12.5. The Morgan fingerprint density at radius 3 is 1.03 bits per heavy atom. The first kappa shape index (κ1) is 96.5. The van der Waals surface area contributed by atoms with Crippen LogP contribution in [-0.2, 0) is 60.8 Å². The summed E-state index contributed by atoms with van der Waals surface area (Å²) in [5.74, 6) is -4.07. The molecule has 632 valence electrons. The molecule has 10 aromatic rings. The quantitative estimate of drug-likeness (QED) is 0.00618. The van der Waals surface area contributed by atoms with Crippen LogP contribution in [0.2, 0.25) is 25.1 Å². The van der Waals surface area contributed by atoms with Crippen molar-refractivity contribution < 1.29 is 122 Å². The van der Waals surface area contributed by atoms with E-state index in [9.17, 15) is 64.5 Å². The van der Waals surface area contributed by atoms with Crippen LogP contribution in [-0.4, -0.2) is 166 Å². The predicted molar refractivity (Wildman–Crippen MR) is 421 cm³/mol. The maximum atomic E-state index is 15.2. The highest BCUT2D eigenvalue weighted by atomic mass is 35.5. The number of hydrogen-bond acceptors (Lipinski definition) is 23. The molecule has 0 aliphatic rings. The number of carbonyl (C=O) groups excluding carboxylic acids is 4. The molecule has 0 saturated heterocycles. The minimum atomic E-state index is -2.83. The number of aromatic nitrogens is 5. The molecule has 5 aromatic heterocycles. The second-order valence-electron chi connectivity index (χ2n) is 24.4. The lowest BCUT2D eigenvalue weighted by Gasteiger charge is -2.22. The van der Waals surface area contributed by atoms with Gasteiger partial charge in [-0.2, -0.15) is 0 Å². The van der Waals surface area contributed by atoms with Crippen molar-refractivity contribution >= 4 is 82.9 Å². The number of aliphatic hydroxyl groups excluding tert-OH is 4. The van der Waals surface area contributed by atoms with Gasteiger partial charge in [0, 0.05) is 32.7 Å². The summed E-state index contributed by atoms with van der Waals surface area (Å²) in [6.45, 7) is -3.35. The van der Waals surface area contributed by atoms with E-state index in [0.717, 1.165) is 25.3 Å². The number of azide groups is 1. The van der Waals surface area contributed by atoms with Crippen molar-refractivity contribution in [1.29, 1.82) is 0 Å². The zero-order chi connectivity index (χ0) is 88.1. The van der Waals surface area contributed by atoms with Crippen molar-refractivity contribution in [2.24, 2.45) is 5.11 Å². The summed E-state index contributed by atoms with van der Waals surface area (Å²) in [7, 11) is 9.30. The van der Waals surface area contributed by atoms with Gasteiger partial charge in [0.2, 0.25) is 0 Å². The van der Waals surface area contributed by atoms with E-state index in [1.54, 1.807) is 25.1 Å². The highest BCUT2D eigenvalue weighted by Crippen LogP contribution is 2.41. The first-order valence-electron chi connectivity index (χ1n) is 34.2.